The van der Waals surface area contributed by atoms with E-state index in [0.29, 0.717) is 17.1 Å². The van der Waals surface area contributed by atoms with Gasteiger partial charge in [0.15, 0.2) is 18.1 Å². The molecule has 9 nitrogen and oxygen atoms in total. The van der Waals surface area contributed by atoms with Crippen molar-refractivity contribution in [3.63, 3.8) is 0 Å². The lowest BCUT2D eigenvalue weighted by molar-refractivity contribution is -0.149. The molecule has 9 heteroatoms. The molecule has 0 fully saturated rings. The normalized spacial score (nSPS) is 10.3. The molecule has 0 saturated carbocycles. The van der Waals surface area contributed by atoms with Crippen molar-refractivity contribution in [2.24, 2.45) is 0 Å². The average Bonchev–Trinajstić information content (AvgIpc) is 2.58. The number of carbonyl (C=O) groups excluding carboxylic acids is 1. The maximum Gasteiger partial charge on any atom is 0.344 e. The maximum absolute atomic E-state index is 11.6. The second kappa shape index (κ2) is 8.02. The van der Waals surface area contributed by atoms with Crippen molar-refractivity contribution in [2.45, 2.75) is 20.0 Å². The molecule has 4 N–H and O–H groups in total. The van der Waals surface area contributed by atoms with Gasteiger partial charge in [-0.25, -0.2) is 9.78 Å². The van der Waals surface area contributed by atoms with Gasteiger partial charge in [0.05, 0.1) is 18.9 Å². The first-order valence-corrected chi connectivity index (χ1v) is 7.69. The zero-order chi connectivity index (χ0) is 19.3. The molecule has 0 aliphatic carbocycles. The molecule has 0 amide bonds. The first kappa shape index (κ1) is 18.8. The second-order valence-electron chi connectivity index (χ2n) is 5.50. The Labute approximate surface area is 150 Å². The minimum atomic E-state index is -0.491. The number of carbonyl (C=O) groups is 1. The van der Waals surface area contributed by atoms with Crippen molar-refractivity contribution < 1.29 is 19.0 Å². The molecule has 0 bridgehead atoms. The van der Waals surface area contributed by atoms with Gasteiger partial charge in [-0.1, -0.05) is 0 Å². The number of ether oxygens (including phenoxy) is 3. The number of anilines is 2. The highest BCUT2D eigenvalue weighted by atomic mass is 16.6. The monoisotopic (exact) mass is 357 g/mol. The Kier molecular flexibility index (Phi) is 5.80. The van der Waals surface area contributed by atoms with Crippen LogP contribution in [0.3, 0.4) is 0 Å². The fraction of sp³-hybridized carbons (Fsp3) is 0.294. The zero-order valence-electron chi connectivity index (χ0n) is 14.6. The van der Waals surface area contributed by atoms with Gasteiger partial charge in [0.1, 0.15) is 17.5 Å². The molecule has 26 heavy (non-hydrogen) atoms. The van der Waals surface area contributed by atoms with Crippen molar-refractivity contribution in [1.29, 1.82) is 5.26 Å². The van der Waals surface area contributed by atoms with Crippen LogP contribution >= 0.6 is 0 Å². The molecule has 0 aliphatic heterocycles. The maximum atomic E-state index is 11.6. The smallest absolute Gasteiger partial charge is 0.344 e. The number of nitriles is 1. The third-order valence-electron chi connectivity index (χ3n) is 3.22. The number of nitrogen functional groups attached to an aromatic ring is 2. The fourth-order valence-electron chi connectivity index (χ4n) is 2.18. The first-order chi connectivity index (χ1) is 12.3. The molecule has 0 atom stereocenters. The van der Waals surface area contributed by atoms with Crippen LogP contribution in [0.25, 0.3) is 11.3 Å². The second-order valence-corrected chi connectivity index (χ2v) is 5.50. The van der Waals surface area contributed by atoms with E-state index in [1.807, 2.05) is 6.07 Å². The van der Waals surface area contributed by atoms with Crippen LogP contribution in [0, 0.1) is 11.3 Å². The Hall–Kier alpha value is -3.54. The summed E-state index contributed by atoms with van der Waals surface area (Å²) in [7, 11) is 1.45. The number of hydrogen-bond donors (Lipinski definition) is 2. The molecule has 2 aromatic rings. The molecule has 1 heterocycles. The van der Waals surface area contributed by atoms with E-state index in [1.165, 1.54) is 7.11 Å². The lowest BCUT2D eigenvalue weighted by atomic mass is 10.1. The number of nitrogens with zero attached hydrogens (tertiary/aromatic N) is 3. The largest absolute Gasteiger partial charge is 0.493 e. The molecule has 1 aromatic carbocycles. The molecule has 0 aliphatic rings. The highest BCUT2D eigenvalue weighted by Crippen LogP contribution is 2.34. The number of nitrogens with two attached hydrogens (primary N) is 2. The fourth-order valence-corrected chi connectivity index (χ4v) is 2.18. The molecule has 0 saturated heterocycles. The third-order valence-corrected chi connectivity index (χ3v) is 3.22. The number of benzene rings is 1. The molecule has 1 aromatic heterocycles. The predicted molar refractivity (Wildman–Crippen MR) is 94.3 cm³/mol. The van der Waals surface area contributed by atoms with Gasteiger partial charge in [0.25, 0.3) is 0 Å². The van der Waals surface area contributed by atoms with Crippen molar-refractivity contribution >= 4 is 17.7 Å². The topological polar surface area (TPSA) is 146 Å². The summed E-state index contributed by atoms with van der Waals surface area (Å²) in [5, 5.41) is 9.29. The van der Waals surface area contributed by atoms with Gasteiger partial charge >= 0.3 is 5.97 Å². The van der Waals surface area contributed by atoms with E-state index >= 15 is 0 Å². The standard InChI is InChI=1S/C17H19N5O4/c1-9(2)26-14(23)8-25-12-5-4-10(6-13(12)24-3)15-11(7-18)16(19)22-17(20)21-15/h4-6,9H,8H2,1-3H3,(H4,19,20,21,22). The summed E-state index contributed by atoms with van der Waals surface area (Å²) in [5.74, 6) is 0.136. The summed E-state index contributed by atoms with van der Waals surface area (Å²) in [6.45, 7) is 3.24. The van der Waals surface area contributed by atoms with E-state index in [-0.39, 0.29) is 35.7 Å². The van der Waals surface area contributed by atoms with E-state index in [0.717, 1.165) is 0 Å². The van der Waals surface area contributed by atoms with Gasteiger partial charge in [-0.2, -0.15) is 10.2 Å². The summed E-state index contributed by atoms with van der Waals surface area (Å²) in [4.78, 5) is 19.5. The van der Waals surface area contributed by atoms with E-state index in [1.54, 1.807) is 32.0 Å². The molecule has 0 unspecified atom stereocenters. The molecule has 0 radical (unpaired) electrons. The molecular formula is C17H19N5O4. The third kappa shape index (κ3) is 4.30. The lowest BCUT2D eigenvalue weighted by Gasteiger charge is -2.13. The number of hydrogen-bond acceptors (Lipinski definition) is 9. The van der Waals surface area contributed by atoms with Crippen LogP contribution in [-0.2, 0) is 9.53 Å². The first-order valence-electron chi connectivity index (χ1n) is 7.69. The van der Waals surface area contributed by atoms with E-state index in [9.17, 15) is 10.1 Å². The average molecular weight is 357 g/mol. The van der Waals surface area contributed by atoms with Crippen molar-refractivity contribution in [3.05, 3.63) is 23.8 Å². The Morgan fingerprint density at radius 1 is 1.27 bits per heavy atom. The van der Waals surface area contributed by atoms with Gasteiger partial charge in [-0.05, 0) is 32.0 Å². The highest BCUT2D eigenvalue weighted by Gasteiger charge is 2.16. The van der Waals surface area contributed by atoms with Crippen LogP contribution in [-0.4, -0.2) is 35.8 Å². The highest BCUT2D eigenvalue weighted by molar-refractivity contribution is 5.75. The zero-order valence-corrected chi connectivity index (χ0v) is 14.6. The van der Waals surface area contributed by atoms with Crippen molar-refractivity contribution in [2.75, 3.05) is 25.2 Å². The van der Waals surface area contributed by atoms with Gasteiger partial charge in [-0.15, -0.1) is 0 Å². The van der Waals surface area contributed by atoms with Gasteiger partial charge in [0.2, 0.25) is 5.95 Å². The molecule has 0 spiro atoms. The summed E-state index contributed by atoms with van der Waals surface area (Å²) >= 11 is 0. The molecular weight excluding hydrogens is 338 g/mol. The van der Waals surface area contributed by atoms with Crippen LogP contribution in [0.2, 0.25) is 0 Å². The van der Waals surface area contributed by atoms with E-state index in [4.69, 9.17) is 25.7 Å². The molecule has 2 rings (SSSR count). The van der Waals surface area contributed by atoms with Gasteiger partial charge < -0.3 is 25.7 Å². The van der Waals surface area contributed by atoms with Crippen molar-refractivity contribution in [3.8, 4) is 28.8 Å². The number of esters is 1. The number of methoxy groups -OCH3 is 1. The minimum Gasteiger partial charge on any atom is -0.493 e. The Morgan fingerprint density at radius 3 is 2.62 bits per heavy atom. The summed E-state index contributed by atoms with van der Waals surface area (Å²) in [5.41, 5.74) is 12.3. The molecule has 136 valence electrons. The van der Waals surface area contributed by atoms with Crippen LogP contribution in [0.15, 0.2) is 18.2 Å². The van der Waals surface area contributed by atoms with Crippen LogP contribution in [0.5, 0.6) is 11.5 Å². The summed E-state index contributed by atoms with van der Waals surface area (Å²) in [6.07, 6.45) is -0.228. The SMILES string of the molecule is COc1cc(-c2nc(N)nc(N)c2C#N)ccc1OCC(=O)OC(C)C. The predicted octanol–water partition coefficient (Wildman–Crippen LogP) is 1.52. The van der Waals surface area contributed by atoms with Gasteiger partial charge in [0, 0.05) is 5.56 Å². The minimum absolute atomic E-state index is 0.00859. The summed E-state index contributed by atoms with van der Waals surface area (Å²) < 4.78 is 15.7. The Balaban J connectivity index is 2.32. The van der Waals surface area contributed by atoms with E-state index < -0.39 is 5.97 Å². The summed E-state index contributed by atoms with van der Waals surface area (Å²) in [6, 6.07) is 6.80. The van der Waals surface area contributed by atoms with Crippen LogP contribution in [0.4, 0.5) is 11.8 Å². The quantitative estimate of drug-likeness (QED) is 0.734. The van der Waals surface area contributed by atoms with Gasteiger partial charge in [-0.3, -0.25) is 0 Å². The van der Waals surface area contributed by atoms with Crippen LogP contribution < -0.4 is 20.9 Å². The van der Waals surface area contributed by atoms with Crippen molar-refractivity contribution in [1.82, 2.24) is 9.97 Å². The number of rotatable bonds is 6. The van der Waals surface area contributed by atoms with Crippen LogP contribution in [0.1, 0.15) is 19.4 Å². The lowest BCUT2D eigenvalue weighted by Crippen LogP contribution is -2.18. The Bertz CT molecular complexity index is 861. The number of aromatic nitrogens is 2. The Morgan fingerprint density at radius 2 is 2.00 bits per heavy atom. The van der Waals surface area contributed by atoms with E-state index in [2.05, 4.69) is 9.97 Å².